The highest BCUT2D eigenvalue weighted by molar-refractivity contribution is 5.97. The van der Waals surface area contributed by atoms with Gasteiger partial charge >= 0.3 is 0 Å². The van der Waals surface area contributed by atoms with E-state index in [1.807, 2.05) is 78.5 Å². The zero-order valence-electron chi connectivity index (χ0n) is 18.5. The van der Waals surface area contributed by atoms with E-state index in [9.17, 15) is 9.59 Å². The summed E-state index contributed by atoms with van der Waals surface area (Å²) in [5.74, 6) is 0.702. The number of nitrogens with zero attached hydrogens (tertiary/aromatic N) is 2. The minimum atomic E-state index is -0.00527. The summed E-state index contributed by atoms with van der Waals surface area (Å²) in [4.78, 5) is 29.3. The van der Waals surface area contributed by atoms with Crippen molar-refractivity contribution in [2.75, 3.05) is 40.3 Å². The molecule has 2 aromatic carbocycles. The van der Waals surface area contributed by atoms with E-state index in [4.69, 9.17) is 4.74 Å². The van der Waals surface area contributed by atoms with Gasteiger partial charge in [0.2, 0.25) is 5.91 Å². The molecule has 1 aliphatic rings. The fraction of sp³-hybridized carbons (Fsp3) is 0.440. The maximum absolute atomic E-state index is 13.1. The van der Waals surface area contributed by atoms with Crippen LogP contribution >= 0.6 is 0 Å². The van der Waals surface area contributed by atoms with Gasteiger partial charge in [-0.25, -0.2) is 0 Å². The smallest absolute Gasteiger partial charge is 0.257 e. The van der Waals surface area contributed by atoms with E-state index < -0.39 is 0 Å². The Hall–Kier alpha value is -2.86. The Morgan fingerprint density at radius 1 is 1.03 bits per heavy atom. The number of hydrogen-bond donors (Lipinski definition) is 1. The Morgan fingerprint density at radius 2 is 1.71 bits per heavy atom. The molecule has 0 saturated carbocycles. The molecule has 0 atom stereocenters. The lowest BCUT2D eigenvalue weighted by Crippen LogP contribution is -2.46. The van der Waals surface area contributed by atoms with Crippen molar-refractivity contribution in [3.63, 3.8) is 0 Å². The van der Waals surface area contributed by atoms with Crippen molar-refractivity contribution < 1.29 is 14.3 Å². The van der Waals surface area contributed by atoms with E-state index in [1.54, 1.807) is 0 Å². The van der Waals surface area contributed by atoms with Crippen molar-refractivity contribution in [1.29, 1.82) is 0 Å². The molecule has 1 N–H and O–H groups in total. The van der Waals surface area contributed by atoms with Crippen molar-refractivity contribution in [3.8, 4) is 5.75 Å². The number of likely N-dealkylation sites (N-methyl/N-ethyl adjacent to an activating group) is 1. The zero-order chi connectivity index (χ0) is 22.1. The van der Waals surface area contributed by atoms with Gasteiger partial charge in [-0.1, -0.05) is 42.5 Å². The monoisotopic (exact) mass is 423 g/mol. The summed E-state index contributed by atoms with van der Waals surface area (Å²) < 4.78 is 5.85. The molecule has 31 heavy (non-hydrogen) atoms. The Bertz CT molecular complexity index is 846. The standard InChI is InChI=1S/C25H33N3O3/c1-27(2)18-19-31-23-11-7-6-10-22(23)25(30)28-16-14-21(15-17-28)26-24(29)13-12-20-8-4-3-5-9-20/h3-11,21H,12-19H2,1-2H3,(H,26,29). The highest BCUT2D eigenvalue weighted by atomic mass is 16.5. The minimum Gasteiger partial charge on any atom is -0.491 e. The van der Waals surface area contributed by atoms with Crippen molar-refractivity contribution in [3.05, 3.63) is 65.7 Å². The molecule has 2 amide bonds. The fourth-order valence-corrected chi connectivity index (χ4v) is 3.71. The summed E-state index contributed by atoms with van der Waals surface area (Å²) in [6.07, 6.45) is 2.77. The van der Waals surface area contributed by atoms with Crippen molar-refractivity contribution >= 4 is 11.8 Å². The van der Waals surface area contributed by atoms with Crippen LogP contribution < -0.4 is 10.1 Å². The van der Waals surface area contributed by atoms with Crippen LogP contribution in [0.1, 0.15) is 35.2 Å². The average molecular weight is 424 g/mol. The highest BCUT2D eigenvalue weighted by Crippen LogP contribution is 2.22. The third kappa shape index (κ3) is 7.10. The Balaban J connectivity index is 1.46. The van der Waals surface area contributed by atoms with Crippen molar-refractivity contribution in [2.45, 2.75) is 31.7 Å². The molecule has 0 spiro atoms. The van der Waals surface area contributed by atoms with E-state index in [0.29, 0.717) is 37.4 Å². The fourth-order valence-electron chi connectivity index (χ4n) is 3.71. The number of ether oxygens (including phenoxy) is 1. The minimum absolute atomic E-state index is 0.00527. The van der Waals surface area contributed by atoms with Crippen molar-refractivity contribution in [2.24, 2.45) is 0 Å². The van der Waals surface area contributed by atoms with Gasteiger partial charge in [0.15, 0.2) is 0 Å². The van der Waals surface area contributed by atoms with E-state index >= 15 is 0 Å². The number of aryl methyl sites for hydroxylation is 1. The van der Waals surface area contributed by atoms with Gasteiger partial charge in [-0.15, -0.1) is 0 Å². The van der Waals surface area contributed by atoms with E-state index in [0.717, 1.165) is 25.8 Å². The SMILES string of the molecule is CN(C)CCOc1ccccc1C(=O)N1CCC(NC(=O)CCc2ccccc2)CC1. The van der Waals surface area contributed by atoms with Gasteiger partial charge in [0.25, 0.3) is 5.91 Å². The first-order chi connectivity index (χ1) is 15.0. The molecule has 0 aromatic heterocycles. The molecule has 0 aliphatic carbocycles. The third-order valence-corrected chi connectivity index (χ3v) is 5.54. The van der Waals surface area contributed by atoms with Gasteiger partial charge in [0, 0.05) is 32.1 Å². The predicted molar refractivity (Wildman–Crippen MR) is 122 cm³/mol. The van der Waals surface area contributed by atoms with Crippen LogP contribution in [0.3, 0.4) is 0 Å². The van der Waals surface area contributed by atoms with Gasteiger partial charge in [0.05, 0.1) is 5.56 Å². The molecule has 1 fully saturated rings. The third-order valence-electron chi connectivity index (χ3n) is 5.54. The number of hydrogen-bond acceptors (Lipinski definition) is 4. The largest absolute Gasteiger partial charge is 0.491 e. The van der Waals surface area contributed by atoms with Gasteiger partial charge in [-0.2, -0.15) is 0 Å². The van der Waals surface area contributed by atoms with E-state index in [-0.39, 0.29) is 17.9 Å². The lowest BCUT2D eigenvalue weighted by atomic mass is 10.0. The predicted octanol–water partition coefficient (Wildman–Crippen LogP) is 2.98. The molecule has 1 saturated heterocycles. The van der Waals surface area contributed by atoms with Crippen LogP contribution in [-0.4, -0.2) is 68.0 Å². The lowest BCUT2D eigenvalue weighted by molar-refractivity contribution is -0.122. The number of nitrogens with one attached hydrogen (secondary N) is 1. The van der Waals surface area contributed by atoms with E-state index in [2.05, 4.69) is 5.32 Å². The van der Waals surface area contributed by atoms with Gasteiger partial charge in [0.1, 0.15) is 12.4 Å². The molecule has 1 aliphatic heterocycles. The summed E-state index contributed by atoms with van der Waals surface area (Å²) in [7, 11) is 3.98. The Labute approximate surface area is 185 Å². The Morgan fingerprint density at radius 3 is 2.42 bits per heavy atom. The van der Waals surface area contributed by atoms with Crippen LogP contribution in [0, 0.1) is 0 Å². The summed E-state index contributed by atoms with van der Waals surface area (Å²) in [6.45, 7) is 2.59. The maximum atomic E-state index is 13.1. The number of likely N-dealkylation sites (tertiary alicyclic amines) is 1. The molecule has 0 unspecified atom stereocenters. The maximum Gasteiger partial charge on any atom is 0.257 e. The van der Waals surface area contributed by atoms with Gasteiger partial charge < -0.3 is 19.9 Å². The van der Waals surface area contributed by atoms with E-state index in [1.165, 1.54) is 5.56 Å². The summed E-state index contributed by atoms with van der Waals surface area (Å²) in [5, 5.41) is 3.13. The summed E-state index contributed by atoms with van der Waals surface area (Å²) >= 11 is 0. The molecule has 1 heterocycles. The number of benzene rings is 2. The number of amides is 2. The number of carbonyl (C=O) groups is 2. The number of piperidine rings is 1. The first kappa shape index (κ1) is 22.8. The molecule has 6 nitrogen and oxygen atoms in total. The second kappa shape index (κ2) is 11.5. The highest BCUT2D eigenvalue weighted by Gasteiger charge is 2.26. The van der Waals surface area contributed by atoms with Crippen LogP contribution in [0.15, 0.2) is 54.6 Å². The number of carbonyl (C=O) groups excluding carboxylic acids is 2. The molecule has 3 rings (SSSR count). The topological polar surface area (TPSA) is 61.9 Å². The molecule has 2 aromatic rings. The molecular formula is C25H33N3O3. The zero-order valence-corrected chi connectivity index (χ0v) is 18.5. The number of rotatable bonds is 9. The van der Waals surface area contributed by atoms with Gasteiger partial charge in [-0.3, -0.25) is 9.59 Å². The van der Waals surface area contributed by atoms with Crippen LogP contribution in [0.25, 0.3) is 0 Å². The second-order valence-electron chi connectivity index (χ2n) is 8.27. The molecule has 0 bridgehead atoms. The second-order valence-corrected chi connectivity index (χ2v) is 8.27. The normalized spacial score (nSPS) is 14.5. The average Bonchev–Trinajstić information content (AvgIpc) is 2.78. The van der Waals surface area contributed by atoms with Crippen LogP contribution in [0.5, 0.6) is 5.75 Å². The molecule has 6 heteroatoms. The summed E-state index contributed by atoms with van der Waals surface area (Å²) in [5.41, 5.74) is 1.77. The van der Waals surface area contributed by atoms with Crippen molar-refractivity contribution in [1.82, 2.24) is 15.1 Å². The first-order valence-electron chi connectivity index (χ1n) is 11.0. The molecule has 166 valence electrons. The molecule has 0 radical (unpaired) electrons. The van der Waals surface area contributed by atoms with Crippen LogP contribution in [0.2, 0.25) is 0 Å². The van der Waals surface area contributed by atoms with Gasteiger partial charge in [-0.05, 0) is 51.1 Å². The lowest BCUT2D eigenvalue weighted by Gasteiger charge is -2.32. The quantitative estimate of drug-likeness (QED) is 0.674. The number of para-hydroxylation sites is 1. The first-order valence-corrected chi connectivity index (χ1v) is 11.0. The van der Waals surface area contributed by atoms with Crippen LogP contribution in [-0.2, 0) is 11.2 Å². The molecular weight excluding hydrogens is 390 g/mol. The van der Waals surface area contributed by atoms with Crippen LogP contribution in [0.4, 0.5) is 0 Å². The Kier molecular flexibility index (Phi) is 8.47. The summed E-state index contributed by atoms with van der Waals surface area (Å²) in [6, 6.07) is 17.6.